The van der Waals surface area contributed by atoms with E-state index in [9.17, 15) is 0 Å². The Hall–Kier alpha value is -1.90. The molecule has 94 valence electrons. The van der Waals surface area contributed by atoms with Gasteiger partial charge in [0, 0.05) is 12.7 Å². The van der Waals surface area contributed by atoms with Crippen molar-refractivity contribution in [2.45, 2.75) is 13.0 Å². The zero-order chi connectivity index (χ0) is 13.2. The number of imidazole rings is 1. The molecule has 19 heavy (non-hydrogen) atoms. The highest BCUT2D eigenvalue weighted by molar-refractivity contribution is 7.13. The Morgan fingerprint density at radius 1 is 1.47 bits per heavy atom. The van der Waals surface area contributed by atoms with Gasteiger partial charge in [-0.3, -0.25) is 0 Å². The number of aromatic nitrogens is 3. The molecule has 0 radical (unpaired) electrons. The number of thiophene rings is 1. The van der Waals surface area contributed by atoms with Crippen LogP contribution >= 0.6 is 22.9 Å². The number of hydrogen-bond acceptors (Lipinski definition) is 4. The molecule has 0 aliphatic carbocycles. The molecule has 3 rings (SSSR count). The number of fused-ring (bicyclic) bond motifs is 1. The van der Waals surface area contributed by atoms with Crippen LogP contribution in [0, 0.1) is 11.3 Å². The van der Waals surface area contributed by atoms with Crippen LogP contribution in [0.3, 0.4) is 0 Å². The molecular weight excluding hydrogens is 280 g/mol. The summed E-state index contributed by atoms with van der Waals surface area (Å²) in [5.74, 6) is 0.843. The van der Waals surface area contributed by atoms with Crippen molar-refractivity contribution in [3.05, 3.63) is 34.8 Å². The molecule has 0 spiro atoms. The van der Waals surface area contributed by atoms with Crippen molar-refractivity contribution >= 4 is 34.1 Å². The van der Waals surface area contributed by atoms with Gasteiger partial charge in [0.25, 0.3) is 0 Å². The molecule has 0 fully saturated rings. The topological polar surface area (TPSA) is 54.5 Å². The van der Waals surface area contributed by atoms with Crippen LogP contribution in [0.4, 0.5) is 0 Å². The molecule has 0 bridgehead atoms. The molecule has 3 aromatic heterocycles. The molecule has 0 aliphatic rings. The number of aryl methyl sites for hydroxylation is 1. The summed E-state index contributed by atoms with van der Waals surface area (Å²) in [5.41, 5.74) is 1.52. The van der Waals surface area contributed by atoms with Crippen LogP contribution in [0.25, 0.3) is 21.9 Å². The number of hydrogen-bond donors (Lipinski definition) is 0. The second-order valence-electron chi connectivity index (χ2n) is 3.97. The zero-order valence-corrected chi connectivity index (χ0v) is 11.4. The van der Waals surface area contributed by atoms with Crippen molar-refractivity contribution in [3.8, 4) is 16.8 Å². The molecular formula is C13H9ClN4S. The van der Waals surface area contributed by atoms with Gasteiger partial charge in [0.15, 0.2) is 11.5 Å². The summed E-state index contributed by atoms with van der Waals surface area (Å²) in [5, 5.41) is 11.3. The predicted octanol–water partition coefficient (Wildman–Crippen LogP) is 3.73. The van der Waals surface area contributed by atoms with Gasteiger partial charge in [-0.15, -0.1) is 11.3 Å². The third-order valence-electron chi connectivity index (χ3n) is 2.74. The molecule has 0 aromatic carbocycles. The Morgan fingerprint density at radius 3 is 3.11 bits per heavy atom. The van der Waals surface area contributed by atoms with E-state index in [0.717, 1.165) is 21.9 Å². The third kappa shape index (κ3) is 2.21. The maximum Gasteiger partial charge on any atom is 0.160 e. The minimum absolute atomic E-state index is 0.425. The largest absolute Gasteiger partial charge is 0.307 e. The number of nitriles is 1. The van der Waals surface area contributed by atoms with Gasteiger partial charge in [-0.25, -0.2) is 9.97 Å². The van der Waals surface area contributed by atoms with Crippen molar-refractivity contribution in [2.24, 2.45) is 0 Å². The minimum atomic E-state index is 0.425. The number of nitrogens with zero attached hydrogens (tertiary/aromatic N) is 4. The van der Waals surface area contributed by atoms with Crippen molar-refractivity contribution in [1.82, 2.24) is 14.5 Å². The van der Waals surface area contributed by atoms with E-state index in [2.05, 4.69) is 16.0 Å². The van der Waals surface area contributed by atoms with Crippen molar-refractivity contribution in [3.63, 3.8) is 0 Å². The van der Waals surface area contributed by atoms with Crippen LogP contribution in [0.15, 0.2) is 29.8 Å². The Labute approximate surface area is 118 Å². The smallest absolute Gasteiger partial charge is 0.160 e. The first-order valence-corrected chi connectivity index (χ1v) is 6.98. The first-order chi connectivity index (χ1) is 9.29. The quantitative estimate of drug-likeness (QED) is 0.738. The maximum atomic E-state index is 8.78. The molecule has 4 nitrogen and oxygen atoms in total. The summed E-state index contributed by atoms with van der Waals surface area (Å²) in [7, 11) is 0. The van der Waals surface area contributed by atoms with Gasteiger partial charge in [-0.2, -0.15) is 5.26 Å². The lowest BCUT2D eigenvalue weighted by Gasteiger charge is -2.04. The Kier molecular flexibility index (Phi) is 3.20. The molecule has 3 heterocycles. The fraction of sp³-hybridized carbons (Fsp3) is 0.154. The molecule has 3 aromatic rings. The number of rotatable bonds is 3. The van der Waals surface area contributed by atoms with Gasteiger partial charge in [0.1, 0.15) is 5.52 Å². The van der Waals surface area contributed by atoms with E-state index in [-0.39, 0.29) is 0 Å². The average molecular weight is 289 g/mol. The standard InChI is InChI=1S/C13H9ClN4S/c14-9-7-10-12(16-8-9)18(5-2-4-15)13(17-10)11-3-1-6-19-11/h1,3,6-8H,2,5H2. The lowest BCUT2D eigenvalue weighted by molar-refractivity contribution is 0.738. The van der Waals surface area contributed by atoms with Crippen LogP contribution in [0.2, 0.25) is 5.02 Å². The molecule has 0 N–H and O–H groups in total. The SMILES string of the molecule is N#CCCn1c(-c2cccs2)nc2cc(Cl)cnc21. The molecule has 0 atom stereocenters. The highest BCUT2D eigenvalue weighted by Gasteiger charge is 2.14. The van der Waals surface area contributed by atoms with Gasteiger partial charge in [0.05, 0.1) is 22.4 Å². The molecule has 0 saturated carbocycles. The van der Waals surface area contributed by atoms with E-state index in [0.29, 0.717) is 18.0 Å². The molecule has 0 unspecified atom stereocenters. The van der Waals surface area contributed by atoms with Crippen LogP contribution in [-0.4, -0.2) is 14.5 Å². The first kappa shape index (κ1) is 12.2. The summed E-state index contributed by atoms with van der Waals surface area (Å²) >= 11 is 7.56. The second kappa shape index (κ2) is 5.00. The number of halogens is 1. The molecule has 0 amide bonds. The van der Waals surface area contributed by atoms with Gasteiger partial charge in [0.2, 0.25) is 0 Å². The van der Waals surface area contributed by atoms with E-state index >= 15 is 0 Å². The minimum Gasteiger partial charge on any atom is -0.307 e. The van der Waals surface area contributed by atoms with Crippen molar-refractivity contribution in [1.29, 1.82) is 5.26 Å². The van der Waals surface area contributed by atoms with Crippen LogP contribution in [0.1, 0.15) is 6.42 Å². The van der Waals surface area contributed by atoms with E-state index in [1.807, 2.05) is 22.1 Å². The van der Waals surface area contributed by atoms with Crippen molar-refractivity contribution < 1.29 is 0 Å². The van der Waals surface area contributed by atoms with Gasteiger partial charge < -0.3 is 4.57 Å². The predicted molar refractivity (Wildman–Crippen MR) is 76.1 cm³/mol. The lowest BCUT2D eigenvalue weighted by Crippen LogP contribution is -2.00. The lowest BCUT2D eigenvalue weighted by atomic mass is 10.4. The normalized spacial score (nSPS) is 10.7. The Bertz CT molecular complexity index is 755. The molecule has 0 aliphatic heterocycles. The number of pyridine rings is 1. The van der Waals surface area contributed by atoms with Crippen LogP contribution < -0.4 is 0 Å². The van der Waals surface area contributed by atoms with Crippen LogP contribution in [-0.2, 0) is 6.54 Å². The second-order valence-corrected chi connectivity index (χ2v) is 5.35. The average Bonchev–Trinajstić information content (AvgIpc) is 3.02. The fourth-order valence-corrected chi connectivity index (χ4v) is 2.83. The van der Waals surface area contributed by atoms with E-state index in [1.54, 1.807) is 23.6 Å². The molecule has 0 saturated heterocycles. The fourth-order valence-electron chi connectivity index (χ4n) is 1.95. The monoisotopic (exact) mass is 288 g/mol. The first-order valence-electron chi connectivity index (χ1n) is 5.72. The van der Waals surface area contributed by atoms with Gasteiger partial charge >= 0.3 is 0 Å². The highest BCUT2D eigenvalue weighted by atomic mass is 35.5. The summed E-state index contributed by atoms with van der Waals surface area (Å²) in [6.45, 7) is 0.578. The summed E-state index contributed by atoms with van der Waals surface area (Å²) in [6, 6.07) is 7.94. The summed E-state index contributed by atoms with van der Waals surface area (Å²) < 4.78 is 1.97. The highest BCUT2D eigenvalue weighted by Crippen LogP contribution is 2.28. The summed E-state index contributed by atoms with van der Waals surface area (Å²) in [4.78, 5) is 9.98. The molecule has 6 heteroatoms. The third-order valence-corrected chi connectivity index (χ3v) is 3.81. The summed E-state index contributed by atoms with van der Waals surface area (Å²) in [6.07, 6.45) is 2.03. The Balaban J connectivity index is 2.22. The zero-order valence-electron chi connectivity index (χ0n) is 9.88. The van der Waals surface area contributed by atoms with Gasteiger partial charge in [-0.1, -0.05) is 17.7 Å². The maximum absolute atomic E-state index is 8.78. The Morgan fingerprint density at radius 2 is 2.37 bits per heavy atom. The van der Waals surface area contributed by atoms with E-state index < -0.39 is 0 Å². The van der Waals surface area contributed by atoms with Crippen molar-refractivity contribution in [2.75, 3.05) is 0 Å². The van der Waals surface area contributed by atoms with Crippen LogP contribution in [0.5, 0.6) is 0 Å². The van der Waals surface area contributed by atoms with Gasteiger partial charge in [-0.05, 0) is 17.5 Å². The van der Waals surface area contributed by atoms with E-state index in [4.69, 9.17) is 16.9 Å². The van der Waals surface area contributed by atoms with E-state index in [1.165, 1.54) is 0 Å².